The molecule has 0 amide bonds. The number of hydrogen-bond acceptors (Lipinski definition) is 6. The standard InChI is InChI=1S/C20H38O4S2/c1-7-15(3)17(5)9-11-23-19(21)13-25-26-14-20(22)24-12-10-18(6)16(4)8-2/h15-18H,7-14H2,1-6H3. The van der Waals surface area contributed by atoms with E-state index >= 15 is 0 Å². The first-order chi connectivity index (χ1) is 12.3. The van der Waals surface area contributed by atoms with Crippen LogP contribution in [0.1, 0.15) is 67.2 Å². The number of carbonyl (C=O) groups is 2. The molecule has 0 rings (SSSR count). The Morgan fingerprint density at radius 1 is 0.692 bits per heavy atom. The van der Waals surface area contributed by atoms with Gasteiger partial charge in [-0.3, -0.25) is 9.59 Å². The summed E-state index contributed by atoms with van der Waals surface area (Å²) in [5, 5.41) is 0. The molecule has 0 aliphatic carbocycles. The Morgan fingerprint density at radius 3 is 1.35 bits per heavy atom. The van der Waals surface area contributed by atoms with Gasteiger partial charge >= 0.3 is 11.9 Å². The molecule has 0 spiro atoms. The van der Waals surface area contributed by atoms with Crippen molar-refractivity contribution in [2.24, 2.45) is 23.7 Å². The molecule has 0 aromatic carbocycles. The molecule has 4 nitrogen and oxygen atoms in total. The quantitative estimate of drug-likeness (QED) is 0.200. The van der Waals surface area contributed by atoms with Crippen LogP contribution >= 0.6 is 21.6 Å². The van der Waals surface area contributed by atoms with Gasteiger partial charge in [-0.15, -0.1) is 0 Å². The van der Waals surface area contributed by atoms with E-state index in [0.29, 0.717) is 36.9 Å². The summed E-state index contributed by atoms with van der Waals surface area (Å²) < 4.78 is 10.5. The molecule has 0 aliphatic heterocycles. The molecule has 154 valence electrons. The van der Waals surface area contributed by atoms with Crippen LogP contribution in [0.2, 0.25) is 0 Å². The normalized spacial score (nSPS) is 15.8. The second-order valence-electron chi connectivity index (χ2n) is 7.27. The van der Waals surface area contributed by atoms with Crippen molar-refractivity contribution < 1.29 is 19.1 Å². The predicted molar refractivity (Wildman–Crippen MR) is 113 cm³/mol. The highest BCUT2D eigenvalue weighted by molar-refractivity contribution is 8.77. The highest BCUT2D eigenvalue weighted by atomic mass is 33.1. The van der Waals surface area contributed by atoms with E-state index in [1.807, 2.05) is 0 Å². The van der Waals surface area contributed by atoms with Gasteiger partial charge in [0.15, 0.2) is 0 Å². The van der Waals surface area contributed by atoms with E-state index < -0.39 is 0 Å². The molecule has 0 saturated heterocycles. The molecular formula is C20H38O4S2. The lowest BCUT2D eigenvalue weighted by Crippen LogP contribution is -2.14. The van der Waals surface area contributed by atoms with Crippen LogP contribution in [0.15, 0.2) is 0 Å². The Hall–Kier alpha value is -0.360. The number of ether oxygens (including phenoxy) is 2. The fourth-order valence-electron chi connectivity index (χ4n) is 2.35. The van der Waals surface area contributed by atoms with Crippen LogP contribution in [0.25, 0.3) is 0 Å². The minimum atomic E-state index is -0.213. The maximum absolute atomic E-state index is 11.7. The minimum Gasteiger partial charge on any atom is -0.465 e. The van der Waals surface area contributed by atoms with Gasteiger partial charge in [-0.2, -0.15) is 0 Å². The smallest absolute Gasteiger partial charge is 0.316 e. The molecule has 0 radical (unpaired) electrons. The zero-order valence-electron chi connectivity index (χ0n) is 17.4. The highest BCUT2D eigenvalue weighted by Crippen LogP contribution is 2.22. The van der Waals surface area contributed by atoms with Crippen molar-refractivity contribution in [1.82, 2.24) is 0 Å². The van der Waals surface area contributed by atoms with Gasteiger partial charge < -0.3 is 9.47 Å². The van der Waals surface area contributed by atoms with E-state index in [-0.39, 0.29) is 23.4 Å². The van der Waals surface area contributed by atoms with Crippen molar-refractivity contribution in [3.63, 3.8) is 0 Å². The van der Waals surface area contributed by atoms with Crippen LogP contribution < -0.4 is 0 Å². The molecule has 0 aromatic heterocycles. The third kappa shape index (κ3) is 12.9. The zero-order valence-corrected chi connectivity index (χ0v) is 19.0. The summed E-state index contributed by atoms with van der Waals surface area (Å²) in [4.78, 5) is 23.4. The average Bonchev–Trinajstić information content (AvgIpc) is 2.63. The molecule has 0 fully saturated rings. The third-order valence-electron chi connectivity index (χ3n) is 5.34. The number of carbonyl (C=O) groups excluding carboxylic acids is 2. The Bertz CT molecular complexity index is 354. The first-order valence-electron chi connectivity index (χ1n) is 9.87. The molecule has 4 atom stereocenters. The highest BCUT2D eigenvalue weighted by Gasteiger charge is 2.13. The zero-order chi connectivity index (χ0) is 19.9. The van der Waals surface area contributed by atoms with Crippen LogP contribution in [0.5, 0.6) is 0 Å². The summed E-state index contributed by atoms with van der Waals surface area (Å²) >= 11 is 0. The Balaban J connectivity index is 3.63. The van der Waals surface area contributed by atoms with Crippen LogP contribution in [-0.2, 0) is 19.1 Å². The van der Waals surface area contributed by atoms with Gasteiger partial charge in [-0.05, 0) is 36.5 Å². The van der Waals surface area contributed by atoms with E-state index in [4.69, 9.17) is 9.47 Å². The molecular weight excluding hydrogens is 368 g/mol. The first kappa shape index (κ1) is 25.6. The van der Waals surface area contributed by atoms with E-state index in [9.17, 15) is 9.59 Å². The van der Waals surface area contributed by atoms with Gasteiger partial charge in [0.05, 0.1) is 13.2 Å². The van der Waals surface area contributed by atoms with E-state index in [0.717, 1.165) is 25.7 Å². The van der Waals surface area contributed by atoms with Gasteiger partial charge in [-0.1, -0.05) is 76.0 Å². The molecule has 26 heavy (non-hydrogen) atoms. The maximum atomic E-state index is 11.7. The molecule has 0 aliphatic rings. The lowest BCUT2D eigenvalue weighted by atomic mass is 9.91. The fourth-order valence-corrected chi connectivity index (χ4v) is 3.96. The topological polar surface area (TPSA) is 52.6 Å². The van der Waals surface area contributed by atoms with Crippen molar-refractivity contribution in [3.8, 4) is 0 Å². The predicted octanol–water partition coefficient (Wildman–Crippen LogP) is 5.60. The monoisotopic (exact) mass is 406 g/mol. The third-order valence-corrected chi connectivity index (χ3v) is 7.42. The Morgan fingerprint density at radius 2 is 1.04 bits per heavy atom. The summed E-state index contributed by atoms with van der Waals surface area (Å²) in [5.41, 5.74) is 0. The van der Waals surface area contributed by atoms with Crippen LogP contribution in [-0.4, -0.2) is 36.7 Å². The summed E-state index contributed by atoms with van der Waals surface area (Å²) in [5.74, 6) is 2.53. The molecule has 0 bridgehead atoms. The number of rotatable bonds is 15. The second kappa shape index (κ2) is 15.7. The van der Waals surface area contributed by atoms with Gasteiger partial charge in [0.1, 0.15) is 11.5 Å². The summed E-state index contributed by atoms with van der Waals surface area (Å²) in [6.45, 7) is 14.2. The van der Waals surface area contributed by atoms with Gasteiger partial charge in [0.25, 0.3) is 0 Å². The van der Waals surface area contributed by atoms with E-state index in [1.54, 1.807) is 0 Å². The summed E-state index contributed by atoms with van der Waals surface area (Å²) in [6, 6.07) is 0. The molecule has 0 saturated carbocycles. The van der Waals surface area contributed by atoms with Crippen LogP contribution in [0.4, 0.5) is 0 Å². The Kier molecular flexibility index (Phi) is 15.5. The second-order valence-corrected chi connectivity index (χ2v) is 9.73. The number of esters is 2. The van der Waals surface area contributed by atoms with Crippen molar-refractivity contribution in [1.29, 1.82) is 0 Å². The fraction of sp³-hybridized carbons (Fsp3) is 0.900. The minimum absolute atomic E-state index is 0.213. The number of hydrogen-bond donors (Lipinski definition) is 0. The van der Waals surface area contributed by atoms with Gasteiger partial charge in [-0.25, -0.2) is 0 Å². The first-order valence-corrected chi connectivity index (χ1v) is 12.4. The lowest BCUT2D eigenvalue weighted by molar-refractivity contribution is -0.141. The molecule has 6 heteroatoms. The van der Waals surface area contributed by atoms with Crippen LogP contribution in [0, 0.1) is 23.7 Å². The van der Waals surface area contributed by atoms with Gasteiger partial charge in [0.2, 0.25) is 0 Å². The van der Waals surface area contributed by atoms with Crippen molar-refractivity contribution in [2.45, 2.75) is 67.2 Å². The largest absolute Gasteiger partial charge is 0.465 e. The summed E-state index contributed by atoms with van der Waals surface area (Å²) in [7, 11) is 2.70. The maximum Gasteiger partial charge on any atom is 0.316 e. The van der Waals surface area contributed by atoms with Crippen molar-refractivity contribution in [2.75, 3.05) is 24.7 Å². The van der Waals surface area contributed by atoms with E-state index in [2.05, 4.69) is 41.5 Å². The Labute approximate surface area is 168 Å². The van der Waals surface area contributed by atoms with Gasteiger partial charge in [0, 0.05) is 0 Å². The van der Waals surface area contributed by atoms with Crippen LogP contribution in [0.3, 0.4) is 0 Å². The molecule has 0 heterocycles. The van der Waals surface area contributed by atoms with Crippen molar-refractivity contribution >= 4 is 33.5 Å². The molecule has 4 unspecified atom stereocenters. The lowest BCUT2D eigenvalue weighted by Gasteiger charge is -2.17. The molecule has 0 N–H and O–H groups in total. The van der Waals surface area contributed by atoms with Crippen molar-refractivity contribution in [3.05, 3.63) is 0 Å². The molecule has 0 aromatic rings. The van der Waals surface area contributed by atoms with E-state index in [1.165, 1.54) is 21.6 Å². The average molecular weight is 407 g/mol. The SMILES string of the molecule is CCC(C)C(C)CCOC(=O)CSSCC(=O)OCCC(C)C(C)CC. The summed E-state index contributed by atoms with van der Waals surface area (Å²) in [6.07, 6.45) is 4.10.